The highest BCUT2D eigenvalue weighted by molar-refractivity contribution is 5.91. The van der Waals surface area contributed by atoms with E-state index in [9.17, 15) is 9.18 Å². The normalized spacial score (nSPS) is 10.5. The Labute approximate surface area is 145 Å². The minimum absolute atomic E-state index is 0.135. The van der Waals surface area contributed by atoms with E-state index in [2.05, 4.69) is 15.3 Å². The first-order chi connectivity index (χ1) is 12.2. The minimum atomic E-state index is -0.294. The summed E-state index contributed by atoms with van der Waals surface area (Å²) in [5, 5.41) is 2.83. The summed E-state index contributed by atoms with van der Waals surface area (Å²) in [4.78, 5) is 21.1. The van der Waals surface area contributed by atoms with Crippen molar-refractivity contribution in [3.05, 3.63) is 77.9 Å². The summed E-state index contributed by atoms with van der Waals surface area (Å²) in [6.45, 7) is 1.95. The second-order valence-electron chi connectivity index (χ2n) is 5.62. The number of aryl methyl sites for hydroxylation is 1. The molecule has 1 N–H and O–H groups in total. The molecule has 0 spiro atoms. The van der Waals surface area contributed by atoms with Gasteiger partial charge in [0.05, 0.1) is 24.0 Å². The number of halogens is 1. The number of nitrogens with zero attached hydrogens (tertiary/aromatic N) is 2. The van der Waals surface area contributed by atoms with Crippen LogP contribution in [-0.2, 0) is 17.6 Å². The quantitative estimate of drug-likeness (QED) is 0.766. The Bertz CT molecular complexity index is 864. The first kappa shape index (κ1) is 16.8. The molecule has 4 nitrogen and oxygen atoms in total. The molecule has 0 unspecified atom stereocenters. The van der Waals surface area contributed by atoms with Gasteiger partial charge in [-0.3, -0.25) is 4.79 Å². The van der Waals surface area contributed by atoms with E-state index in [1.807, 2.05) is 37.3 Å². The van der Waals surface area contributed by atoms with Crippen LogP contribution in [0.3, 0.4) is 0 Å². The van der Waals surface area contributed by atoms with Crippen LogP contribution in [0.1, 0.15) is 18.2 Å². The van der Waals surface area contributed by atoms with Crippen LogP contribution in [0.5, 0.6) is 0 Å². The largest absolute Gasteiger partial charge is 0.309 e. The maximum absolute atomic E-state index is 13.1. The van der Waals surface area contributed by atoms with Crippen LogP contribution >= 0.6 is 0 Å². The predicted octanol–water partition coefficient (Wildman–Crippen LogP) is 4.03. The number of hydrogen-bond acceptors (Lipinski definition) is 3. The van der Waals surface area contributed by atoms with Crippen molar-refractivity contribution in [1.82, 2.24) is 9.97 Å². The van der Waals surface area contributed by atoms with Crippen LogP contribution in [0.25, 0.3) is 11.3 Å². The molecule has 0 atom stereocenters. The van der Waals surface area contributed by atoms with Crippen LogP contribution in [-0.4, -0.2) is 15.9 Å². The first-order valence-corrected chi connectivity index (χ1v) is 8.11. The summed E-state index contributed by atoms with van der Waals surface area (Å²) in [5.41, 5.74) is 3.07. The molecule has 0 aliphatic carbocycles. The molecule has 0 saturated carbocycles. The van der Waals surface area contributed by atoms with Gasteiger partial charge in [-0.2, -0.15) is 0 Å². The molecule has 0 aliphatic rings. The van der Waals surface area contributed by atoms with E-state index in [-0.39, 0.29) is 18.1 Å². The standard InChI is InChI=1S/C20H18FN3O/c1-2-17-20(24-19(25)12-14-6-4-3-5-7-14)22-13-18(23-17)15-8-10-16(21)11-9-15/h3-11,13H,2,12H2,1H3,(H,22,24,25). The van der Waals surface area contributed by atoms with Gasteiger partial charge in [0, 0.05) is 5.56 Å². The Morgan fingerprint density at radius 2 is 1.80 bits per heavy atom. The molecule has 25 heavy (non-hydrogen) atoms. The summed E-state index contributed by atoms with van der Waals surface area (Å²) in [5.74, 6) is 0.0382. The molecule has 0 saturated heterocycles. The maximum atomic E-state index is 13.1. The van der Waals surface area contributed by atoms with Gasteiger partial charge in [0.2, 0.25) is 5.91 Å². The van der Waals surface area contributed by atoms with Gasteiger partial charge in [-0.1, -0.05) is 37.3 Å². The van der Waals surface area contributed by atoms with Crippen molar-refractivity contribution in [2.24, 2.45) is 0 Å². The molecule has 0 radical (unpaired) electrons. The van der Waals surface area contributed by atoms with Gasteiger partial charge in [0.15, 0.2) is 5.82 Å². The van der Waals surface area contributed by atoms with E-state index in [1.165, 1.54) is 12.1 Å². The molecule has 5 heteroatoms. The zero-order valence-corrected chi connectivity index (χ0v) is 13.9. The number of amides is 1. The van der Waals surface area contributed by atoms with Crippen LogP contribution in [0.4, 0.5) is 10.2 Å². The van der Waals surface area contributed by atoms with E-state index < -0.39 is 0 Å². The van der Waals surface area contributed by atoms with Crippen LogP contribution in [0, 0.1) is 5.82 Å². The molecule has 2 aromatic carbocycles. The SMILES string of the molecule is CCc1nc(-c2ccc(F)cc2)cnc1NC(=O)Cc1ccccc1. The van der Waals surface area contributed by atoms with Crippen molar-refractivity contribution in [2.75, 3.05) is 5.32 Å². The van der Waals surface area contributed by atoms with Gasteiger partial charge in [-0.25, -0.2) is 14.4 Å². The van der Waals surface area contributed by atoms with Crippen molar-refractivity contribution in [2.45, 2.75) is 19.8 Å². The van der Waals surface area contributed by atoms with Gasteiger partial charge in [0.25, 0.3) is 0 Å². The third-order valence-electron chi connectivity index (χ3n) is 3.78. The summed E-state index contributed by atoms with van der Waals surface area (Å²) >= 11 is 0. The molecule has 0 aliphatic heterocycles. The van der Waals surface area contributed by atoms with Crippen LogP contribution < -0.4 is 5.32 Å². The molecular formula is C20H18FN3O. The number of rotatable bonds is 5. The molecule has 1 aromatic heterocycles. The molecule has 0 bridgehead atoms. The number of hydrogen-bond donors (Lipinski definition) is 1. The number of aromatic nitrogens is 2. The van der Waals surface area contributed by atoms with E-state index in [0.29, 0.717) is 23.6 Å². The average molecular weight is 335 g/mol. The fourth-order valence-electron chi connectivity index (χ4n) is 2.50. The Kier molecular flexibility index (Phi) is 5.14. The maximum Gasteiger partial charge on any atom is 0.229 e. The zero-order chi connectivity index (χ0) is 17.6. The van der Waals surface area contributed by atoms with Crippen molar-refractivity contribution in [3.63, 3.8) is 0 Å². The molecular weight excluding hydrogens is 317 g/mol. The molecule has 1 amide bonds. The molecule has 1 heterocycles. The molecule has 3 aromatic rings. The fourth-order valence-corrected chi connectivity index (χ4v) is 2.50. The Morgan fingerprint density at radius 1 is 1.08 bits per heavy atom. The lowest BCUT2D eigenvalue weighted by atomic mass is 10.1. The second kappa shape index (κ2) is 7.66. The molecule has 0 fully saturated rings. The van der Waals surface area contributed by atoms with Crippen LogP contribution in [0.15, 0.2) is 60.8 Å². The summed E-state index contributed by atoms with van der Waals surface area (Å²) in [6.07, 6.45) is 2.50. The summed E-state index contributed by atoms with van der Waals surface area (Å²) in [6, 6.07) is 15.6. The molecule has 126 valence electrons. The van der Waals surface area contributed by atoms with Gasteiger partial charge < -0.3 is 5.32 Å². The third-order valence-corrected chi connectivity index (χ3v) is 3.78. The number of nitrogens with one attached hydrogen (secondary N) is 1. The van der Waals surface area contributed by atoms with Crippen molar-refractivity contribution in [1.29, 1.82) is 0 Å². The molecule has 3 rings (SSSR count). The van der Waals surface area contributed by atoms with Crippen molar-refractivity contribution < 1.29 is 9.18 Å². The van der Waals surface area contributed by atoms with E-state index in [0.717, 1.165) is 11.1 Å². The monoisotopic (exact) mass is 335 g/mol. The number of benzene rings is 2. The highest BCUT2D eigenvalue weighted by Crippen LogP contribution is 2.20. The third kappa shape index (κ3) is 4.26. The van der Waals surface area contributed by atoms with Crippen LogP contribution in [0.2, 0.25) is 0 Å². The number of carbonyl (C=O) groups is 1. The Balaban J connectivity index is 1.77. The van der Waals surface area contributed by atoms with E-state index in [4.69, 9.17) is 0 Å². The number of carbonyl (C=O) groups excluding carboxylic acids is 1. The van der Waals surface area contributed by atoms with Crippen molar-refractivity contribution in [3.8, 4) is 11.3 Å². The smallest absolute Gasteiger partial charge is 0.229 e. The van der Waals surface area contributed by atoms with Gasteiger partial charge >= 0.3 is 0 Å². The number of anilines is 1. The van der Waals surface area contributed by atoms with Crippen molar-refractivity contribution >= 4 is 11.7 Å². The second-order valence-corrected chi connectivity index (χ2v) is 5.62. The highest BCUT2D eigenvalue weighted by atomic mass is 19.1. The van der Waals surface area contributed by atoms with Gasteiger partial charge in [-0.05, 0) is 36.2 Å². The fraction of sp³-hybridized carbons (Fsp3) is 0.150. The summed E-state index contributed by atoms with van der Waals surface area (Å²) < 4.78 is 13.1. The van der Waals surface area contributed by atoms with E-state index in [1.54, 1.807) is 18.3 Å². The lowest BCUT2D eigenvalue weighted by Crippen LogP contribution is -2.17. The minimum Gasteiger partial charge on any atom is -0.309 e. The predicted molar refractivity (Wildman–Crippen MR) is 95.6 cm³/mol. The Hall–Kier alpha value is -3.08. The van der Waals surface area contributed by atoms with Gasteiger partial charge in [-0.15, -0.1) is 0 Å². The highest BCUT2D eigenvalue weighted by Gasteiger charge is 2.11. The topological polar surface area (TPSA) is 54.9 Å². The average Bonchev–Trinajstić information content (AvgIpc) is 2.63. The zero-order valence-electron chi connectivity index (χ0n) is 13.9. The van der Waals surface area contributed by atoms with E-state index >= 15 is 0 Å². The Morgan fingerprint density at radius 3 is 2.48 bits per heavy atom. The lowest BCUT2D eigenvalue weighted by Gasteiger charge is -2.10. The lowest BCUT2D eigenvalue weighted by molar-refractivity contribution is -0.115. The van der Waals surface area contributed by atoms with Gasteiger partial charge in [0.1, 0.15) is 5.82 Å². The summed E-state index contributed by atoms with van der Waals surface area (Å²) in [7, 11) is 0. The first-order valence-electron chi connectivity index (χ1n) is 8.11.